The maximum Gasteiger partial charge on any atom is 0.228 e. The summed E-state index contributed by atoms with van der Waals surface area (Å²) in [6, 6.07) is 7.59. The fourth-order valence-corrected chi connectivity index (χ4v) is 5.50. The van der Waals surface area contributed by atoms with Crippen LogP contribution >= 0.6 is 0 Å². The molecule has 0 aliphatic carbocycles. The summed E-state index contributed by atoms with van der Waals surface area (Å²) in [5.41, 5.74) is 1.97. The molecule has 0 spiro atoms. The molecular formula is C19H26N2O4S. The van der Waals surface area contributed by atoms with Gasteiger partial charge in [0.25, 0.3) is 0 Å². The fourth-order valence-electron chi connectivity index (χ4n) is 3.72. The molecule has 1 aromatic rings. The van der Waals surface area contributed by atoms with Gasteiger partial charge in [-0.2, -0.15) is 0 Å². The molecule has 0 bridgehead atoms. The highest BCUT2D eigenvalue weighted by atomic mass is 32.2. The highest BCUT2D eigenvalue weighted by Gasteiger charge is 2.40. The maximum absolute atomic E-state index is 12.8. The van der Waals surface area contributed by atoms with Crippen LogP contribution in [0.25, 0.3) is 0 Å². The minimum atomic E-state index is -3.05. The first kappa shape index (κ1) is 18.9. The number of nitrogens with zero attached hydrogens (tertiary/aromatic N) is 2. The molecule has 142 valence electrons. The second kappa shape index (κ2) is 7.02. The zero-order valence-corrected chi connectivity index (χ0v) is 16.3. The lowest BCUT2D eigenvalue weighted by Crippen LogP contribution is -2.42. The molecule has 2 fully saturated rings. The van der Waals surface area contributed by atoms with Gasteiger partial charge in [0.2, 0.25) is 11.8 Å². The Bertz CT molecular complexity index is 819. The molecule has 0 N–H and O–H groups in total. The van der Waals surface area contributed by atoms with E-state index in [1.807, 2.05) is 24.3 Å². The van der Waals surface area contributed by atoms with Gasteiger partial charge >= 0.3 is 0 Å². The van der Waals surface area contributed by atoms with E-state index in [0.29, 0.717) is 18.9 Å². The summed E-state index contributed by atoms with van der Waals surface area (Å²) in [5, 5.41) is 0. The first-order chi connectivity index (χ1) is 12.2. The predicted octanol–water partition coefficient (Wildman–Crippen LogP) is 1.81. The number of carbonyl (C=O) groups is 2. The monoisotopic (exact) mass is 378 g/mol. The lowest BCUT2D eigenvalue weighted by Gasteiger charge is -2.26. The average Bonchev–Trinajstić information content (AvgIpc) is 3.16. The summed E-state index contributed by atoms with van der Waals surface area (Å²) >= 11 is 0. The van der Waals surface area contributed by atoms with Crippen LogP contribution in [0.2, 0.25) is 0 Å². The van der Waals surface area contributed by atoms with Crippen LogP contribution in [0.3, 0.4) is 0 Å². The Balaban J connectivity index is 1.71. The average molecular weight is 378 g/mol. The number of hydrogen-bond donors (Lipinski definition) is 0. The third kappa shape index (κ3) is 3.77. The van der Waals surface area contributed by atoms with Gasteiger partial charge in [-0.1, -0.05) is 26.0 Å². The van der Waals surface area contributed by atoms with Crippen molar-refractivity contribution in [1.29, 1.82) is 0 Å². The summed E-state index contributed by atoms with van der Waals surface area (Å²) in [6.45, 7) is 4.55. The topological polar surface area (TPSA) is 74.8 Å². The predicted molar refractivity (Wildman–Crippen MR) is 101 cm³/mol. The summed E-state index contributed by atoms with van der Waals surface area (Å²) in [5.74, 6) is -0.0954. The Kier molecular flexibility index (Phi) is 5.10. The number of rotatable bonds is 4. The van der Waals surface area contributed by atoms with Gasteiger partial charge in [-0.15, -0.1) is 0 Å². The van der Waals surface area contributed by atoms with Crippen molar-refractivity contribution >= 4 is 27.3 Å². The van der Waals surface area contributed by atoms with Crippen LogP contribution in [-0.4, -0.2) is 56.3 Å². The van der Waals surface area contributed by atoms with E-state index in [2.05, 4.69) is 13.8 Å². The van der Waals surface area contributed by atoms with Crippen LogP contribution in [-0.2, 0) is 19.4 Å². The molecule has 0 unspecified atom stereocenters. The fraction of sp³-hybridized carbons (Fsp3) is 0.579. The molecule has 1 aromatic carbocycles. The van der Waals surface area contributed by atoms with Crippen LogP contribution in [0, 0.1) is 5.92 Å². The molecule has 26 heavy (non-hydrogen) atoms. The standard InChI is InChI=1S/C19H26N2O4S/c1-13(2)14-5-4-6-16(9-14)21-11-15(10-18(21)22)19(23)20(3)17-7-8-26(24,25)12-17/h4-6,9,13,15,17H,7-8,10-12H2,1-3H3/t15-,17-/m1/s1. The van der Waals surface area contributed by atoms with E-state index < -0.39 is 15.8 Å². The molecule has 2 atom stereocenters. The molecule has 3 rings (SSSR count). The van der Waals surface area contributed by atoms with Gasteiger partial charge in [0.05, 0.1) is 17.4 Å². The Morgan fingerprint density at radius 3 is 2.65 bits per heavy atom. The minimum absolute atomic E-state index is 0.0239. The largest absolute Gasteiger partial charge is 0.341 e. The third-order valence-corrected chi connectivity index (χ3v) is 7.18. The Morgan fingerprint density at radius 2 is 2.04 bits per heavy atom. The van der Waals surface area contributed by atoms with Crippen LogP contribution < -0.4 is 4.90 Å². The van der Waals surface area contributed by atoms with Crippen molar-refractivity contribution in [1.82, 2.24) is 4.90 Å². The van der Waals surface area contributed by atoms with Gasteiger partial charge in [-0.05, 0) is 30.0 Å². The lowest BCUT2D eigenvalue weighted by atomic mass is 10.0. The summed E-state index contributed by atoms with van der Waals surface area (Å²) in [7, 11) is -1.39. The van der Waals surface area contributed by atoms with Crippen LogP contribution in [0.5, 0.6) is 0 Å². The number of amides is 2. The Hall–Kier alpha value is -1.89. The molecule has 0 radical (unpaired) electrons. The van der Waals surface area contributed by atoms with E-state index in [1.54, 1.807) is 11.9 Å². The van der Waals surface area contributed by atoms with Gasteiger partial charge in [0.1, 0.15) is 0 Å². The molecule has 2 heterocycles. The molecular weight excluding hydrogens is 352 g/mol. The van der Waals surface area contributed by atoms with Crippen molar-refractivity contribution in [2.75, 3.05) is 30.0 Å². The number of benzene rings is 1. The molecule has 0 aromatic heterocycles. The first-order valence-corrected chi connectivity index (χ1v) is 10.9. The van der Waals surface area contributed by atoms with Crippen LogP contribution in [0.4, 0.5) is 5.69 Å². The van der Waals surface area contributed by atoms with Gasteiger partial charge < -0.3 is 9.80 Å². The highest BCUT2D eigenvalue weighted by Crippen LogP contribution is 2.29. The van der Waals surface area contributed by atoms with Crippen LogP contribution in [0.1, 0.15) is 38.2 Å². The second-order valence-electron chi connectivity index (χ2n) is 7.66. The van der Waals surface area contributed by atoms with Crippen molar-refractivity contribution < 1.29 is 18.0 Å². The van der Waals surface area contributed by atoms with Gasteiger partial charge in [-0.3, -0.25) is 9.59 Å². The molecule has 2 amide bonds. The normalized spacial score (nSPS) is 25.1. The molecule has 2 aliphatic heterocycles. The second-order valence-corrected chi connectivity index (χ2v) is 9.89. The minimum Gasteiger partial charge on any atom is -0.341 e. The lowest BCUT2D eigenvalue weighted by molar-refractivity contribution is -0.136. The zero-order valence-electron chi connectivity index (χ0n) is 15.5. The van der Waals surface area contributed by atoms with E-state index in [1.165, 1.54) is 4.90 Å². The molecule has 6 nitrogen and oxygen atoms in total. The number of anilines is 1. The van der Waals surface area contributed by atoms with Crippen molar-refractivity contribution in [3.8, 4) is 0 Å². The quantitative estimate of drug-likeness (QED) is 0.801. The van der Waals surface area contributed by atoms with E-state index >= 15 is 0 Å². The first-order valence-electron chi connectivity index (χ1n) is 9.05. The number of sulfone groups is 1. The summed E-state index contributed by atoms with van der Waals surface area (Å²) < 4.78 is 23.3. The molecule has 7 heteroatoms. The van der Waals surface area contributed by atoms with E-state index in [9.17, 15) is 18.0 Å². The molecule has 0 saturated carbocycles. The van der Waals surface area contributed by atoms with E-state index in [-0.39, 0.29) is 35.8 Å². The molecule has 2 saturated heterocycles. The Labute approximate surface area is 155 Å². The van der Waals surface area contributed by atoms with Crippen molar-refractivity contribution in [2.45, 2.75) is 38.6 Å². The van der Waals surface area contributed by atoms with Gasteiger partial charge in [0.15, 0.2) is 9.84 Å². The number of hydrogen-bond acceptors (Lipinski definition) is 4. The van der Waals surface area contributed by atoms with Gasteiger partial charge in [0, 0.05) is 31.7 Å². The number of carbonyl (C=O) groups excluding carboxylic acids is 2. The van der Waals surface area contributed by atoms with E-state index in [0.717, 1.165) is 11.3 Å². The Morgan fingerprint density at radius 1 is 1.31 bits per heavy atom. The highest BCUT2D eigenvalue weighted by molar-refractivity contribution is 7.91. The van der Waals surface area contributed by atoms with E-state index in [4.69, 9.17) is 0 Å². The maximum atomic E-state index is 12.8. The third-order valence-electron chi connectivity index (χ3n) is 5.43. The van der Waals surface area contributed by atoms with Gasteiger partial charge in [-0.25, -0.2) is 8.42 Å². The van der Waals surface area contributed by atoms with Crippen molar-refractivity contribution in [3.63, 3.8) is 0 Å². The van der Waals surface area contributed by atoms with Crippen LogP contribution in [0.15, 0.2) is 24.3 Å². The zero-order chi connectivity index (χ0) is 19.1. The summed E-state index contributed by atoms with van der Waals surface area (Å²) in [4.78, 5) is 28.5. The smallest absolute Gasteiger partial charge is 0.228 e. The van der Waals surface area contributed by atoms with Crippen molar-refractivity contribution in [3.05, 3.63) is 29.8 Å². The molecule has 2 aliphatic rings. The van der Waals surface area contributed by atoms with Crippen molar-refractivity contribution in [2.24, 2.45) is 5.92 Å². The summed E-state index contributed by atoms with van der Waals surface area (Å²) in [6.07, 6.45) is 0.653. The SMILES string of the molecule is CC(C)c1cccc(N2C[C@H](C(=O)N(C)[C@@H]3CCS(=O)(=O)C3)CC2=O)c1.